The predicted octanol–water partition coefficient (Wildman–Crippen LogP) is 1.57. The number of nitrogen functional groups attached to an aromatic ring is 1. The summed E-state index contributed by atoms with van der Waals surface area (Å²) < 4.78 is 0. The van der Waals surface area contributed by atoms with E-state index in [1.54, 1.807) is 12.1 Å². The van der Waals surface area contributed by atoms with Gasteiger partial charge in [-0.1, -0.05) is 11.6 Å². The van der Waals surface area contributed by atoms with Gasteiger partial charge in [0, 0.05) is 30.3 Å². The second-order valence-corrected chi connectivity index (χ2v) is 5.49. The zero-order valence-electron chi connectivity index (χ0n) is 9.28. The first kappa shape index (κ1) is 12.4. The fourth-order valence-electron chi connectivity index (χ4n) is 1.92. The molecule has 0 atom stereocenters. The molecule has 1 saturated heterocycles. The van der Waals surface area contributed by atoms with Crippen LogP contribution in [0.4, 0.5) is 11.4 Å². The van der Waals surface area contributed by atoms with Gasteiger partial charge in [-0.15, -0.1) is 0 Å². The molecule has 1 aliphatic heterocycles. The normalized spacial score (nSPS) is 15.9. The number of hydrogen-bond acceptors (Lipinski definition) is 4. The lowest BCUT2D eigenvalue weighted by Gasteiger charge is -2.30. The Morgan fingerprint density at radius 3 is 2.59 bits per heavy atom. The Bertz CT molecular complexity index is 447. The molecule has 1 fully saturated rings. The van der Waals surface area contributed by atoms with Crippen LogP contribution >= 0.6 is 23.4 Å². The van der Waals surface area contributed by atoms with E-state index in [1.807, 2.05) is 11.8 Å². The highest BCUT2D eigenvalue weighted by molar-refractivity contribution is 7.99. The van der Waals surface area contributed by atoms with E-state index in [0.29, 0.717) is 22.0 Å². The molecule has 1 aliphatic rings. The quantitative estimate of drug-likeness (QED) is 0.801. The topological polar surface area (TPSA) is 72.3 Å². The van der Waals surface area contributed by atoms with Crippen LogP contribution in [0.25, 0.3) is 0 Å². The van der Waals surface area contributed by atoms with Gasteiger partial charge in [-0.25, -0.2) is 0 Å². The lowest BCUT2D eigenvalue weighted by atomic mass is 10.1. The maximum atomic E-state index is 11.4. The minimum absolute atomic E-state index is 0.405. The third-order valence-corrected chi connectivity index (χ3v) is 3.91. The summed E-state index contributed by atoms with van der Waals surface area (Å²) in [7, 11) is 0. The maximum absolute atomic E-state index is 11.4. The van der Waals surface area contributed by atoms with E-state index in [2.05, 4.69) is 4.90 Å². The van der Waals surface area contributed by atoms with E-state index in [4.69, 9.17) is 23.1 Å². The Morgan fingerprint density at radius 2 is 2.00 bits per heavy atom. The summed E-state index contributed by atoms with van der Waals surface area (Å²) in [6.45, 7) is 1.74. The van der Waals surface area contributed by atoms with Gasteiger partial charge >= 0.3 is 0 Å². The van der Waals surface area contributed by atoms with E-state index >= 15 is 0 Å². The molecule has 1 aromatic rings. The van der Waals surface area contributed by atoms with Crippen molar-refractivity contribution < 1.29 is 4.79 Å². The Labute approximate surface area is 109 Å². The second kappa shape index (κ2) is 5.06. The number of nitrogens with two attached hydrogens (primary N) is 2. The number of benzene rings is 1. The lowest BCUT2D eigenvalue weighted by Crippen LogP contribution is -2.34. The molecule has 0 bridgehead atoms. The van der Waals surface area contributed by atoms with Crippen LogP contribution in [-0.2, 0) is 0 Å². The van der Waals surface area contributed by atoms with Crippen LogP contribution in [-0.4, -0.2) is 30.5 Å². The van der Waals surface area contributed by atoms with E-state index < -0.39 is 5.91 Å². The first-order chi connectivity index (χ1) is 8.09. The Hall–Kier alpha value is -1.07. The number of hydrogen-bond donors (Lipinski definition) is 2. The first-order valence-electron chi connectivity index (χ1n) is 5.31. The number of thioether (sulfide) groups is 1. The third kappa shape index (κ3) is 2.61. The number of amides is 1. The van der Waals surface area contributed by atoms with Gasteiger partial charge in [-0.05, 0) is 12.1 Å². The van der Waals surface area contributed by atoms with Crippen molar-refractivity contribution >= 4 is 40.6 Å². The van der Waals surface area contributed by atoms with Crippen LogP contribution in [0.5, 0.6) is 0 Å². The fourth-order valence-corrected chi connectivity index (χ4v) is 3.17. The molecule has 0 radical (unpaired) electrons. The Kier molecular flexibility index (Phi) is 3.69. The standard InChI is InChI=1S/C11H14ClN3OS/c12-9-6-7(13)5-8(11(14)16)10(9)15-1-3-17-4-2-15/h5-6H,1-4,13H2,(H2,14,16). The van der Waals surface area contributed by atoms with Crippen molar-refractivity contribution in [1.82, 2.24) is 0 Å². The van der Waals surface area contributed by atoms with Gasteiger partial charge in [0.15, 0.2) is 0 Å². The number of nitrogens with zero attached hydrogens (tertiary/aromatic N) is 1. The molecule has 1 aromatic carbocycles. The van der Waals surface area contributed by atoms with E-state index in [9.17, 15) is 4.79 Å². The molecule has 0 saturated carbocycles. The number of carbonyl (C=O) groups is 1. The van der Waals surface area contributed by atoms with Crippen molar-refractivity contribution in [1.29, 1.82) is 0 Å². The summed E-state index contributed by atoms with van der Waals surface area (Å²) in [5.41, 5.74) is 12.6. The van der Waals surface area contributed by atoms with Gasteiger partial charge in [0.2, 0.25) is 0 Å². The summed E-state index contributed by atoms with van der Waals surface area (Å²) in [5, 5.41) is 0.491. The molecule has 1 heterocycles. The molecule has 4 nitrogen and oxygen atoms in total. The number of anilines is 2. The summed E-state index contributed by atoms with van der Waals surface area (Å²) >= 11 is 8.07. The average molecular weight is 272 g/mol. The van der Waals surface area contributed by atoms with Gasteiger partial charge in [0.05, 0.1) is 16.3 Å². The zero-order valence-corrected chi connectivity index (χ0v) is 10.9. The van der Waals surface area contributed by atoms with Crippen molar-refractivity contribution in [3.63, 3.8) is 0 Å². The minimum atomic E-state index is -0.493. The molecule has 0 spiro atoms. The smallest absolute Gasteiger partial charge is 0.250 e. The maximum Gasteiger partial charge on any atom is 0.250 e. The number of carbonyl (C=O) groups excluding carboxylic acids is 1. The van der Waals surface area contributed by atoms with Gasteiger partial charge in [0.1, 0.15) is 0 Å². The molecule has 0 aromatic heterocycles. The second-order valence-electron chi connectivity index (χ2n) is 3.86. The van der Waals surface area contributed by atoms with Crippen molar-refractivity contribution in [3.8, 4) is 0 Å². The summed E-state index contributed by atoms with van der Waals surface area (Å²) in [4.78, 5) is 13.5. The Balaban J connectivity index is 2.46. The van der Waals surface area contributed by atoms with Gasteiger partial charge in [0.25, 0.3) is 5.91 Å². The minimum Gasteiger partial charge on any atom is -0.399 e. The number of halogens is 1. The fraction of sp³-hybridized carbons (Fsp3) is 0.364. The average Bonchev–Trinajstić information content (AvgIpc) is 2.29. The van der Waals surface area contributed by atoms with E-state index in [0.717, 1.165) is 24.6 Å². The molecule has 6 heteroatoms. The third-order valence-electron chi connectivity index (χ3n) is 2.68. The molecular weight excluding hydrogens is 258 g/mol. The van der Waals surface area contributed by atoms with Crippen molar-refractivity contribution in [2.75, 3.05) is 35.2 Å². The van der Waals surface area contributed by atoms with Crippen LogP contribution in [0.15, 0.2) is 12.1 Å². The van der Waals surface area contributed by atoms with Crippen LogP contribution < -0.4 is 16.4 Å². The highest BCUT2D eigenvalue weighted by Crippen LogP contribution is 2.33. The van der Waals surface area contributed by atoms with Crippen LogP contribution in [0.3, 0.4) is 0 Å². The summed E-state index contributed by atoms with van der Waals surface area (Å²) in [6.07, 6.45) is 0. The largest absolute Gasteiger partial charge is 0.399 e. The molecule has 92 valence electrons. The summed E-state index contributed by atoms with van der Waals surface area (Å²) in [6, 6.07) is 3.25. The van der Waals surface area contributed by atoms with Crippen molar-refractivity contribution in [3.05, 3.63) is 22.7 Å². The highest BCUT2D eigenvalue weighted by Gasteiger charge is 2.20. The molecule has 0 aliphatic carbocycles. The molecular formula is C11H14ClN3OS. The monoisotopic (exact) mass is 271 g/mol. The molecule has 1 amide bonds. The van der Waals surface area contributed by atoms with Crippen LogP contribution in [0, 0.1) is 0 Å². The van der Waals surface area contributed by atoms with E-state index in [-0.39, 0.29) is 0 Å². The molecule has 2 rings (SSSR count). The molecule has 0 unspecified atom stereocenters. The van der Waals surface area contributed by atoms with Gasteiger partial charge in [-0.3, -0.25) is 4.79 Å². The number of rotatable bonds is 2. The van der Waals surface area contributed by atoms with Crippen molar-refractivity contribution in [2.24, 2.45) is 5.73 Å². The SMILES string of the molecule is NC(=O)c1cc(N)cc(Cl)c1N1CCSCC1. The lowest BCUT2D eigenvalue weighted by molar-refractivity contribution is 0.100. The van der Waals surface area contributed by atoms with Crippen LogP contribution in [0.1, 0.15) is 10.4 Å². The number of primary amides is 1. The molecule has 17 heavy (non-hydrogen) atoms. The zero-order chi connectivity index (χ0) is 12.4. The first-order valence-corrected chi connectivity index (χ1v) is 6.84. The van der Waals surface area contributed by atoms with Gasteiger partial charge < -0.3 is 16.4 Å². The summed E-state index contributed by atoms with van der Waals surface area (Å²) in [5.74, 6) is 1.56. The predicted molar refractivity (Wildman–Crippen MR) is 73.9 cm³/mol. The van der Waals surface area contributed by atoms with E-state index in [1.165, 1.54) is 0 Å². The van der Waals surface area contributed by atoms with Crippen LogP contribution in [0.2, 0.25) is 5.02 Å². The Morgan fingerprint density at radius 1 is 1.35 bits per heavy atom. The van der Waals surface area contributed by atoms with Crippen molar-refractivity contribution in [2.45, 2.75) is 0 Å². The highest BCUT2D eigenvalue weighted by atomic mass is 35.5. The molecule has 4 N–H and O–H groups in total. The van der Waals surface area contributed by atoms with Gasteiger partial charge in [-0.2, -0.15) is 11.8 Å².